The minimum Gasteiger partial charge on any atom is -0.366 e. The molecular weight excluding hydrogens is 358 g/mol. The highest BCUT2D eigenvalue weighted by molar-refractivity contribution is 5.64. The first kappa shape index (κ1) is 18.6. The third-order valence-electron chi connectivity index (χ3n) is 4.53. The van der Waals surface area contributed by atoms with Crippen LogP contribution in [0.1, 0.15) is 16.7 Å². The Hall–Kier alpha value is -3.73. The molecule has 2 N–H and O–H groups in total. The van der Waals surface area contributed by atoms with Crippen molar-refractivity contribution in [1.82, 2.24) is 15.0 Å². The molecule has 2 aromatic heterocycles. The standard InChI is InChI=1S/C24H23N5/c1-18-7-5-8-19(13-18)16-27-24-28-22(21-10-3-2-4-11-21)14-23(29-24)26-17-20-9-6-12-25-15-20/h2-15H,16-17H2,1H3,(H2,26,27,28,29). The van der Waals surface area contributed by atoms with Crippen LogP contribution in [0.3, 0.4) is 0 Å². The van der Waals surface area contributed by atoms with E-state index < -0.39 is 0 Å². The molecule has 0 saturated carbocycles. The van der Waals surface area contributed by atoms with Crippen LogP contribution in [-0.2, 0) is 13.1 Å². The van der Waals surface area contributed by atoms with Crippen molar-refractivity contribution in [2.45, 2.75) is 20.0 Å². The van der Waals surface area contributed by atoms with E-state index in [-0.39, 0.29) is 0 Å². The molecule has 5 heteroatoms. The topological polar surface area (TPSA) is 62.7 Å². The summed E-state index contributed by atoms with van der Waals surface area (Å²) < 4.78 is 0. The average molecular weight is 381 g/mol. The molecule has 4 aromatic rings. The van der Waals surface area contributed by atoms with Gasteiger partial charge >= 0.3 is 0 Å². The van der Waals surface area contributed by atoms with E-state index in [4.69, 9.17) is 4.98 Å². The Morgan fingerprint density at radius 2 is 1.59 bits per heavy atom. The molecule has 0 spiro atoms. The zero-order valence-corrected chi connectivity index (χ0v) is 16.3. The third-order valence-corrected chi connectivity index (χ3v) is 4.53. The van der Waals surface area contributed by atoms with Gasteiger partial charge in [-0.1, -0.05) is 66.2 Å². The number of nitrogens with one attached hydrogen (secondary N) is 2. The van der Waals surface area contributed by atoms with E-state index in [1.54, 1.807) is 6.20 Å². The number of pyridine rings is 1. The predicted molar refractivity (Wildman–Crippen MR) is 118 cm³/mol. The van der Waals surface area contributed by atoms with E-state index in [1.165, 1.54) is 11.1 Å². The van der Waals surface area contributed by atoms with Gasteiger partial charge in [0.2, 0.25) is 5.95 Å². The number of nitrogens with zero attached hydrogens (tertiary/aromatic N) is 3. The van der Waals surface area contributed by atoms with Gasteiger partial charge in [0.1, 0.15) is 5.82 Å². The lowest BCUT2D eigenvalue weighted by molar-refractivity contribution is 1.03. The Morgan fingerprint density at radius 1 is 0.759 bits per heavy atom. The number of anilines is 2. The van der Waals surface area contributed by atoms with Crippen molar-refractivity contribution in [1.29, 1.82) is 0 Å². The Kier molecular flexibility index (Phi) is 5.76. The van der Waals surface area contributed by atoms with Gasteiger partial charge in [-0.05, 0) is 24.1 Å². The number of benzene rings is 2. The summed E-state index contributed by atoms with van der Waals surface area (Å²) in [4.78, 5) is 13.5. The van der Waals surface area contributed by atoms with Gasteiger partial charge in [-0.15, -0.1) is 0 Å². The Labute approximate surface area is 170 Å². The van der Waals surface area contributed by atoms with Crippen LogP contribution >= 0.6 is 0 Å². The van der Waals surface area contributed by atoms with Crippen molar-refractivity contribution < 1.29 is 0 Å². The van der Waals surface area contributed by atoms with Crippen molar-refractivity contribution in [3.8, 4) is 11.3 Å². The third kappa shape index (κ3) is 5.17. The van der Waals surface area contributed by atoms with Gasteiger partial charge in [0, 0.05) is 37.1 Å². The molecule has 2 heterocycles. The molecule has 0 aliphatic rings. The first-order valence-electron chi connectivity index (χ1n) is 9.63. The van der Waals surface area contributed by atoms with Gasteiger partial charge in [-0.25, -0.2) is 4.98 Å². The SMILES string of the molecule is Cc1cccc(CNc2nc(NCc3cccnc3)cc(-c3ccccc3)n2)c1. The van der Waals surface area contributed by atoms with Crippen LogP contribution in [0, 0.1) is 6.92 Å². The first-order chi connectivity index (χ1) is 14.3. The molecule has 0 atom stereocenters. The quantitative estimate of drug-likeness (QED) is 0.468. The van der Waals surface area contributed by atoms with Crippen LogP contribution in [0.4, 0.5) is 11.8 Å². The van der Waals surface area contributed by atoms with Crippen molar-refractivity contribution >= 4 is 11.8 Å². The first-order valence-corrected chi connectivity index (χ1v) is 9.63. The van der Waals surface area contributed by atoms with Gasteiger partial charge in [0.15, 0.2) is 0 Å². The molecule has 4 rings (SSSR count). The van der Waals surface area contributed by atoms with E-state index in [1.807, 2.05) is 42.6 Å². The van der Waals surface area contributed by atoms with E-state index in [0.717, 1.165) is 22.6 Å². The summed E-state index contributed by atoms with van der Waals surface area (Å²) in [5, 5.41) is 6.75. The van der Waals surface area contributed by atoms with Crippen LogP contribution in [0.2, 0.25) is 0 Å². The van der Waals surface area contributed by atoms with E-state index in [0.29, 0.717) is 19.0 Å². The summed E-state index contributed by atoms with van der Waals surface area (Å²) in [5.41, 5.74) is 5.46. The number of aryl methyl sites for hydroxylation is 1. The molecule has 0 radical (unpaired) electrons. The van der Waals surface area contributed by atoms with Crippen LogP contribution in [0.15, 0.2) is 85.2 Å². The monoisotopic (exact) mass is 381 g/mol. The van der Waals surface area contributed by atoms with Crippen LogP contribution < -0.4 is 10.6 Å². The number of hydrogen-bond acceptors (Lipinski definition) is 5. The second-order valence-electron chi connectivity index (χ2n) is 6.89. The average Bonchev–Trinajstić information content (AvgIpc) is 2.78. The minimum atomic E-state index is 0.599. The summed E-state index contributed by atoms with van der Waals surface area (Å²) in [5.74, 6) is 1.37. The highest BCUT2D eigenvalue weighted by Gasteiger charge is 2.07. The smallest absolute Gasteiger partial charge is 0.225 e. The molecule has 0 saturated heterocycles. The normalized spacial score (nSPS) is 10.5. The fourth-order valence-corrected chi connectivity index (χ4v) is 3.07. The molecule has 0 bridgehead atoms. The predicted octanol–water partition coefficient (Wildman–Crippen LogP) is 5.07. The lowest BCUT2D eigenvalue weighted by Gasteiger charge is -2.12. The highest BCUT2D eigenvalue weighted by Crippen LogP contribution is 2.22. The summed E-state index contributed by atoms with van der Waals surface area (Å²) in [6.45, 7) is 3.41. The maximum absolute atomic E-state index is 4.72. The zero-order valence-electron chi connectivity index (χ0n) is 16.3. The van der Waals surface area contributed by atoms with Gasteiger partial charge in [0.05, 0.1) is 5.69 Å². The molecule has 0 unspecified atom stereocenters. The van der Waals surface area contributed by atoms with Crippen molar-refractivity contribution in [2.24, 2.45) is 0 Å². The number of rotatable bonds is 7. The number of hydrogen-bond donors (Lipinski definition) is 2. The zero-order chi connectivity index (χ0) is 19.9. The highest BCUT2D eigenvalue weighted by atomic mass is 15.1. The summed E-state index contributed by atoms with van der Waals surface area (Å²) in [6, 6.07) is 24.5. The minimum absolute atomic E-state index is 0.599. The fourth-order valence-electron chi connectivity index (χ4n) is 3.07. The summed E-state index contributed by atoms with van der Waals surface area (Å²) >= 11 is 0. The number of aromatic nitrogens is 3. The Bertz CT molecular complexity index is 1060. The molecule has 0 aliphatic carbocycles. The van der Waals surface area contributed by atoms with Gasteiger partial charge in [-0.3, -0.25) is 4.98 Å². The molecule has 29 heavy (non-hydrogen) atoms. The van der Waals surface area contributed by atoms with E-state index in [9.17, 15) is 0 Å². The van der Waals surface area contributed by atoms with E-state index in [2.05, 4.69) is 63.9 Å². The Balaban J connectivity index is 1.57. The lowest BCUT2D eigenvalue weighted by Crippen LogP contribution is -2.08. The second kappa shape index (κ2) is 8.97. The van der Waals surface area contributed by atoms with Gasteiger partial charge < -0.3 is 10.6 Å². The fraction of sp³-hybridized carbons (Fsp3) is 0.125. The second-order valence-corrected chi connectivity index (χ2v) is 6.89. The van der Waals surface area contributed by atoms with Crippen LogP contribution in [-0.4, -0.2) is 15.0 Å². The lowest BCUT2D eigenvalue weighted by atomic mass is 10.1. The summed E-state index contributed by atoms with van der Waals surface area (Å²) in [6.07, 6.45) is 3.62. The maximum Gasteiger partial charge on any atom is 0.225 e. The van der Waals surface area contributed by atoms with Crippen LogP contribution in [0.5, 0.6) is 0 Å². The molecule has 5 nitrogen and oxygen atoms in total. The van der Waals surface area contributed by atoms with Gasteiger partial charge in [0.25, 0.3) is 0 Å². The molecule has 2 aromatic carbocycles. The van der Waals surface area contributed by atoms with Crippen molar-refractivity contribution in [3.05, 3.63) is 102 Å². The molecule has 0 fully saturated rings. The summed E-state index contributed by atoms with van der Waals surface area (Å²) in [7, 11) is 0. The Morgan fingerprint density at radius 3 is 2.38 bits per heavy atom. The molecule has 0 amide bonds. The molecular formula is C24H23N5. The molecule has 0 aliphatic heterocycles. The van der Waals surface area contributed by atoms with Crippen molar-refractivity contribution in [3.63, 3.8) is 0 Å². The largest absolute Gasteiger partial charge is 0.366 e. The van der Waals surface area contributed by atoms with Crippen LogP contribution in [0.25, 0.3) is 11.3 Å². The van der Waals surface area contributed by atoms with Gasteiger partial charge in [-0.2, -0.15) is 4.98 Å². The molecule has 144 valence electrons. The van der Waals surface area contributed by atoms with Crippen molar-refractivity contribution in [2.75, 3.05) is 10.6 Å². The van der Waals surface area contributed by atoms with E-state index >= 15 is 0 Å². The maximum atomic E-state index is 4.72.